The summed E-state index contributed by atoms with van der Waals surface area (Å²) in [5.41, 5.74) is 0.519. The van der Waals surface area contributed by atoms with Crippen LogP contribution in [0.1, 0.15) is 24.8 Å². The third-order valence-electron chi connectivity index (χ3n) is 3.28. The van der Waals surface area contributed by atoms with Gasteiger partial charge in [0.1, 0.15) is 12.4 Å². The van der Waals surface area contributed by atoms with Gasteiger partial charge in [-0.05, 0) is 12.5 Å². The van der Waals surface area contributed by atoms with Gasteiger partial charge < -0.3 is 22.3 Å². The van der Waals surface area contributed by atoms with Crippen molar-refractivity contribution in [2.75, 3.05) is 0 Å². The third-order valence-corrected chi connectivity index (χ3v) is 3.28. The van der Waals surface area contributed by atoms with Gasteiger partial charge in [-0.15, -0.1) is 0 Å². The number of hydrogen-bond acceptors (Lipinski definition) is 1. The van der Waals surface area contributed by atoms with Crippen molar-refractivity contribution in [3.63, 3.8) is 0 Å². The molecular formula is C17H20BrFN2O. The Kier molecular flexibility index (Phi) is 8.36. The second-order valence-corrected chi connectivity index (χ2v) is 4.94. The van der Waals surface area contributed by atoms with Crippen molar-refractivity contribution in [2.45, 2.75) is 32.4 Å². The van der Waals surface area contributed by atoms with Crippen LogP contribution in [0.4, 0.5) is 4.39 Å². The standard InChI is InChI=1S/C17H19FN2O.BrH/c18-16-9-3-2-8-15(16)14-19-17(21)10-4-7-13-20-11-5-1-6-12-20;/h1-3,5-6,8-9,11-12H,4,7,10,13-14H2;1H. The zero-order valence-corrected chi connectivity index (χ0v) is 13.9. The van der Waals surface area contributed by atoms with Crippen LogP contribution in [-0.2, 0) is 17.9 Å². The van der Waals surface area contributed by atoms with Gasteiger partial charge in [0.25, 0.3) is 0 Å². The Morgan fingerprint density at radius 2 is 1.77 bits per heavy atom. The van der Waals surface area contributed by atoms with Gasteiger partial charge in [0.2, 0.25) is 5.91 Å². The Balaban J connectivity index is 0.00000242. The summed E-state index contributed by atoms with van der Waals surface area (Å²) in [4.78, 5) is 11.7. The van der Waals surface area contributed by atoms with Gasteiger partial charge in [0.05, 0.1) is 0 Å². The van der Waals surface area contributed by atoms with Gasteiger partial charge in [0, 0.05) is 37.1 Å². The summed E-state index contributed by atoms with van der Waals surface area (Å²) in [6.45, 7) is 1.15. The molecule has 2 aromatic rings. The molecule has 0 fully saturated rings. The number of aryl methyl sites for hydroxylation is 1. The molecule has 0 atom stereocenters. The molecule has 0 spiro atoms. The van der Waals surface area contributed by atoms with Gasteiger partial charge >= 0.3 is 0 Å². The van der Waals surface area contributed by atoms with Crippen LogP contribution in [0, 0.1) is 5.82 Å². The second kappa shape index (κ2) is 10.1. The first-order valence-electron chi connectivity index (χ1n) is 7.20. The fourth-order valence-corrected chi connectivity index (χ4v) is 2.09. The Morgan fingerprint density at radius 3 is 2.50 bits per heavy atom. The average molecular weight is 367 g/mol. The van der Waals surface area contributed by atoms with E-state index in [4.69, 9.17) is 0 Å². The minimum absolute atomic E-state index is 0. The molecule has 1 aromatic heterocycles. The largest absolute Gasteiger partial charge is 1.00 e. The van der Waals surface area contributed by atoms with Gasteiger partial charge in [-0.3, -0.25) is 4.79 Å². The van der Waals surface area contributed by atoms with E-state index in [0.717, 1.165) is 19.4 Å². The van der Waals surface area contributed by atoms with Crippen molar-refractivity contribution >= 4 is 5.91 Å². The molecule has 0 aliphatic rings. The van der Waals surface area contributed by atoms with Gasteiger partial charge in [-0.1, -0.05) is 24.3 Å². The number of hydrogen-bond donors (Lipinski definition) is 1. The molecule has 0 saturated heterocycles. The summed E-state index contributed by atoms with van der Waals surface area (Å²) in [6.07, 6.45) is 6.27. The first kappa shape index (κ1) is 18.3. The van der Waals surface area contributed by atoms with Crippen LogP contribution >= 0.6 is 0 Å². The van der Waals surface area contributed by atoms with E-state index in [9.17, 15) is 9.18 Å². The van der Waals surface area contributed by atoms with E-state index in [1.165, 1.54) is 6.07 Å². The number of amides is 1. The smallest absolute Gasteiger partial charge is 0.220 e. The van der Waals surface area contributed by atoms with Crippen LogP contribution in [0.15, 0.2) is 54.9 Å². The maximum absolute atomic E-state index is 13.4. The van der Waals surface area contributed by atoms with E-state index in [0.29, 0.717) is 12.0 Å². The molecule has 118 valence electrons. The molecule has 0 saturated carbocycles. The molecule has 1 amide bonds. The van der Waals surface area contributed by atoms with E-state index >= 15 is 0 Å². The van der Waals surface area contributed by atoms with Crippen molar-refractivity contribution in [1.29, 1.82) is 0 Å². The minimum Gasteiger partial charge on any atom is -1.00 e. The van der Waals surface area contributed by atoms with Gasteiger partial charge in [-0.25, -0.2) is 8.96 Å². The number of aromatic nitrogens is 1. The van der Waals surface area contributed by atoms with Gasteiger partial charge in [0.15, 0.2) is 12.4 Å². The lowest BCUT2D eigenvalue weighted by molar-refractivity contribution is -0.697. The van der Waals surface area contributed by atoms with E-state index in [-0.39, 0.29) is 35.3 Å². The zero-order valence-electron chi connectivity index (χ0n) is 12.3. The van der Waals surface area contributed by atoms with Crippen molar-refractivity contribution in [1.82, 2.24) is 5.32 Å². The molecule has 1 aromatic carbocycles. The molecule has 1 N–H and O–H groups in total. The Morgan fingerprint density at radius 1 is 1.05 bits per heavy atom. The van der Waals surface area contributed by atoms with Gasteiger partial charge in [-0.2, -0.15) is 0 Å². The number of nitrogens with zero attached hydrogens (tertiary/aromatic N) is 1. The lowest BCUT2D eigenvalue weighted by Crippen LogP contribution is -3.00. The minimum atomic E-state index is -0.279. The summed E-state index contributed by atoms with van der Waals surface area (Å²) in [5.74, 6) is -0.311. The van der Waals surface area contributed by atoms with Crippen LogP contribution in [0.3, 0.4) is 0 Å². The quantitative estimate of drug-likeness (QED) is 0.525. The first-order chi connectivity index (χ1) is 10.3. The van der Waals surface area contributed by atoms with E-state index in [1.807, 2.05) is 30.6 Å². The summed E-state index contributed by atoms with van der Waals surface area (Å²) >= 11 is 0. The van der Waals surface area contributed by atoms with Crippen LogP contribution in [0.2, 0.25) is 0 Å². The van der Waals surface area contributed by atoms with Crippen molar-refractivity contribution < 1.29 is 30.7 Å². The summed E-state index contributed by atoms with van der Waals surface area (Å²) < 4.78 is 15.5. The monoisotopic (exact) mass is 366 g/mol. The fraction of sp³-hybridized carbons (Fsp3) is 0.294. The molecular weight excluding hydrogens is 347 g/mol. The Hall–Kier alpha value is -1.75. The van der Waals surface area contributed by atoms with Crippen LogP contribution in [0.25, 0.3) is 0 Å². The van der Waals surface area contributed by atoms with Crippen molar-refractivity contribution in [3.05, 3.63) is 66.2 Å². The zero-order chi connectivity index (χ0) is 14.9. The SMILES string of the molecule is O=C(CCCC[n+]1ccccc1)NCc1ccccc1F.[Br-]. The number of carbonyl (C=O) groups is 1. The Labute approximate surface area is 140 Å². The van der Waals surface area contributed by atoms with Crippen LogP contribution in [0.5, 0.6) is 0 Å². The van der Waals surface area contributed by atoms with Crippen molar-refractivity contribution in [2.24, 2.45) is 0 Å². The maximum atomic E-state index is 13.4. The first-order valence-corrected chi connectivity index (χ1v) is 7.20. The fourth-order valence-electron chi connectivity index (χ4n) is 2.09. The summed E-state index contributed by atoms with van der Waals surface area (Å²) in [6, 6.07) is 12.4. The highest BCUT2D eigenvalue weighted by Gasteiger charge is 2.05. The third kappa shape index (κ3) is 6.35. The number of halogens is 2. The molecule has 22 heavy (non-hydrogen) atoms. The van der Waals surface area contributed by atoms with E-state index in [1.54, 1.807) is 18.2 Å². The number of benzene rings is 1. The maximum Gasteiger partial charge on any atom is 0.220 e. The second-order valence-electron chi connectivity index (χ2n) is 4.94. The highest BCUT2D eigenvalue weighted by atomic mass is 79.9. The predicted molar refractivity (Wildman–Crippen MR) is 78.7 cm³/mol. The van der Waals surface area contributed by atoms with Crippen molar-refractivity contribution in [3.8, 4) is 0 Å². The number of rotatable bonds is 7. The number of unbranched alkanes of at least 4 members (excludes halogenated alkanes) is 1. The molecule has 0 aliphatic carbocycles. The number of carbonyl (C=O) groups excluding carboxylic acids is 1. The molecule has 2 rings (SSSR count). The van der Waals surface area contributed by atoms with E-state index < -0.39 is 0 Å². The molecule has 0 bridgehead atoms. The normalized spacial score (nSPS) is 9.86. The number of nitrogens with one attached hydrogen (secondary N) is 1. The highest BCUT2D eigenvalue weighted by molar-refractivity contribution is 5.75. The van der Waals surface area contributed by atoms with Crippen LogP contribution in [-0.4, -0.2) is 5.91 Å². The highest BCUT2D eigenvalue weighted by Crippen LogP contribution is 2.05. The number of pyridine rings is 1. The lowest BCUT2D eigenvalue weighted by atomic mass is 10.2. The predicted octanol–water partition coefficient (Wildman–Crippen LogP) is -0.396. The topological polar surface area (TPSA) is 33.0 Å². The molecule has 1 heterocycles. The average Bonchev–Trinajstić information content (AvgIpc) is 2.52. The molecule has 0 radical (unpaired) electrons. The Bertz CT molecular complexity index is 578. The summed E-state index contributed by atoms with van der Waals surface area (Å²) in [7, 11) is 0. The molecule has 0 unspecified atom stereocenters. The summed E-state index contributed by atoms with van der Waals surface area (Å²) in [5, 5.41) is 2.75. The van der Waals surface area contributed by atoms with Crippen LogP contribution < -0.4 is 26.9 Å². The molecule has 3 nitrogen and oxygen atoms in total. The molecule has 0 aliphatic heterocycles. The van der Waals surface area contributed by atoms with E-state index in [2.05, 4.69) is 9.88 Å². The molecule has 5 heteroatoms. The lowest BCUT2D eigenvalue weighted by Gasteiger charge is -2.05.